The van der Waals surface area contributed by atoms with E-state index in [0.29, 0.717) is 28.9 Å². The summed E-state index contributed by atoms with van der Waals surface area (Å²) >= 11 is 0. The van der Waals surface area contributed by atoms with E-state index in [1.165, 1.54) is 18.4 Å². The monoisotopic (exact) mass is 591 g/mol. The smallest absolute Gasteiger partial charge is 0.258 e. The molecule has 44 heavy (non-hydrogen) atoms. The Hall–Kier alpha value is -4.18. The van der Waals surface area contributed by atoms with E-state index in [1.54, 1.807) is 14.0 Å². The van der Waals surface area contributed by atoms with Crippen LogP contribution >= 0.6 is 0 Å². The Morgan fingerprint density at radius 2 is 1.89 bits per heavy atom. The van der Waals surface area contributed by atoms with Crippen LogP contribution < -0.4 is 10.5 Å². The first kappa shape index (κ1) is 26.2. The molecule has 226 valence electrons. The number of rotatable bonds is 6. The molecule has 3 aliphatic carbocycles. The highest BCUT2D eigenvalue weighted by molar-refractivity contribution is 6.00. The van der Waals surface area contributed by atoms with Gasteiger partial charge in [-0.05, 0) is 81.2 Å². The summed E-state index contributed by atoms with van der Waals surface area (Å²) in [7, 11) is 1.64. The van der Waals surface area contributed by atoms with Crippen LogP contribution in [0.3, 0.4) is 0 Å². The van der Waals surface area contributed by atoms with Gasteiger partial charge in [0.1, 0.15) is 17.0 Å². The van der Waals surface area contributed by atoms with Gasteiger partial charge in [0.05, 0.1) is 24.0 Å². The van der Waals surface area contributed by atoms with Crippen LogP contribution in [0.1, 0.15) is 73.1 Å². The van der Waals surface area contributed by atoms with Gasteiger partial charge in [-0.25, -0.2) is 9.97 Å². The SMILES string of the molecule is COc1cc(C(=O)N2C3=C4C[C@H]2C[C@@]43N)cc2nc(-c3cc4ccc(C5CCN(C(C)=O)CC5)nc4n3CC3CC3)c(C)n12. The predicted octanol–water partition coefficient (Wildman–Crippen LogP) is 4.39. The van der Waals surface area contributed by atoms with Crippen LogP contribution in [0, 0.1) is 12.8 Å². The molecule has 2 N–H and O–H groups in total. The van der Waals surface area contributed by atoms with Crippen LogP contribution in [0.5, 0.6) is 5.88 Å². The fourth-order valence-corrected chi connectivity index (χ4v) is 8.28. The normalized spacial score (nSPS) is 24.3. The molecule has 3 aliphatic heterocycles. The van der Waals surface area contributed by atoms with Crippen LogP contribution in [-0.4, -0.2) is 72.3 Å². The van der Waals surface area contributed by atoms with Crippen LogP contribution in [-0.2, 0) is 11.3 Å². The molecule has 7 heterocycles. The van der Waals surface area contributed by atoms with Crippen LogP contribution in [0.2, 0.25) is 0 Å². The lowest BCUT2D eigenvalue weighted by molar-refractivity contribution is -0.129. The summed E-state index contributed by atoms with van der Waals surface area (Å²) in [6, 6.07) is 10.5. The molecule has 4 fully saturated rings. The number of likely N-dealkylation sites (tertiary alicyclic amines) is 1. The predicted molar refractivity (Wildman–Crippen MR) is 165 cm³/mol. The molecule has 10 heteroatoms. The largest absolute Gasteiger partial charge is 0.482 e. The summed E-state index contributed by atoms with van der Waals surface area (Å²) in [5.74, 6) is 1.70. The summed E-state index contributed by atoms with van der Waals surface area (Å²) in [4.78, 5) is 39.9. The number of methoxy groups -OCH3 is 1. The Morgan fingerprint density at radius 1 is 1.09 bits per heavy atom. The van der Waals surface area contributed by atoms with Crippen molar-refractivity contribution in [3.05, 3.63) is 58.6 Å². The van der Waals surface area contributed by atoms with Gasteiger partial charge in [0.15, 0.2) is 5.88 Å². The van der Waals surface area contributed by atoms with E-state index in [2.05, 4.69) is 29.7 Å². The zero-order valence-electron chi connectivity index (χ0n) is 25.5. The lowest BCUT2D eigenvalue weighted by Crippen LogP contribution is -2.36. The van der Waals surface area contributed by atoms with Gasteiger partial charge in [-0.15, -0.1) is 0 Å². The number of nitrogens with zero attached hydrogens (tertiary/aromatic N) is 6. The minimum atomic E-state index is -0.333. The number of hydrogen-bond donors (Lipinski definition) is 1. The topological polar surface area (TPSA) is 111 Å². The average molecular weight is 592 g/mol. The van der Waals surface area contributed by atoms with Gasteiger partial charge >= 0.3 is 0 Å². The lowest BCUT2D eigenvalue weighted by Gasteiger charge is -2.31. The molecular weight excluding hydrogens is 554 g/mol. The van der Waals surface area contributed by atoms with Crippen LogP contribution in [0.25, 0.3) is 28.1 Å². The fraction of sp³-hybridized carbons (Fsp3) is 0.471. The van der Waals surface area contributed by atoms with Crippen molar-refractivity contribution in [3.63, 3.8) is 0 Å². The van der Waals surface area contributed by atoms with Crippen molar-refractivity contribution >= 4 is 28.5 Å². The van der Waals surface area contributed by atoms with Crippen molar-refractivity contribution in [1.82, 2.24) is 28.7 Å². The number of imidazole rings is 1. The van der Waals surface area contributed by atoms with Crippen molar-refractivity contribution in [2.24, 2.45) is 11.7 Å². The van der Waals surface area contributed by atoms with E-state index in [-0.39, 0.29) is 23.4 Å². The Balaban J connectivity index is 1.11. The molecule has 6 aliphatic rings. The molecule has 0 radical (unpaired) electrons. The number of hydrogen-bond acceptors (Lipinski definition) is 6. The van der Waals surface area contributed by atoms with Gasteiger partial charge in [0.2, 0.25) is 5.91 Å². The maximum Gasteiger partial charge on any atom is 0.258 e. The number of ether oxygens (including phenoxy) is 1. The van der Waals surface area contributed by atoms with Crippen molar-refractivity contribution in [3.8, 4) is 17.3 Å². The number of aromatic nitrogens is 4. The van der Waals surface area contributed by atoms with Gasteiger partial charge in [0, 0.05) is 66.9 Å². The second kappa shape index (κ2) is 8.94. The van der Waals surface area contributed by atoms with Gasteiger partial charge < -0.3 is 24.8 Å². The number of fused-ring (bicyclic) bond motifs is 2. The first-order chi connectivity index (χ1) is 21.2. The Morgan fingerprint density at radius 3 is 2.52 bits per heavy atom. The molecule has 4 aromatic heterocycles. The van der Waals surface area contributed by atoms with Crippen molar-refractivity contribution in [2.45, 2.75) is 76.4 Å². The second-order valence-corrected chi connectivity index (χ2v) is 13.6. The number of nitrogens with two attached hydrogens (primary N) is 1. The maximum absolute atomic E-state index is 13.8. The molecule has 10 rings (SSSR count). The number of aryl methyl sites for hydroxylation is 1. The van der Waals surface area contributed by atoms with Crippen LogP contribution in [0.4, 0.5) is 0 Å². The van der Waals surface area contributed by atoms with E-state index in [9.17, 15) is 9.59 Å². The average Bonchev–Trinajstić information content (AvgIpc) is 3.59. The number of pyridine rings is 2. The summed E-state index contributed by atoms with van der Waals surface area (Å²) in [5.41, 5.74) is 14.7. The molecule has 0 aromatic carbocycles. The molecule has 2 atom stereocenters. The lowest BCUT2D eigenvalue weighted by atomic mass is 9.93. The van der Waals surface area contributed by atoms with Gasteiger partial charge in [0.25, 0.3) is 5.91 Å². The Bertz CT molecular complexity index is 1960. The quantitative estimate of drug-likeness (QED) is 0.356. The number of piperidine rings is 2. The molecule has 2 amide bonds. The van der Waals surface area contributed by atoms with Gasteiger partial charge in [-0.3, -0.25) is 14.0 Å². The highest BCUT2D eigenvalue weighted by Crippen LogP contribution is 2.64. The van der Waals surface area contributed by atoms with E-state index in [0.717, 1.165) is 84.8 Å². The third-order valence-corrected chi connectivity index (χ3v) is 10.9. The second-order valence-electron chi connectivity index (χ2n) is 13.6. The van der Waals surface area contributed by atoms with Gasteiger partial charge in [-0.2, -0.15) is 0 Å². The first-order valence-corrected chi connectivity index (χ1v) is 15.9. The maximum atomic E-state index is 13.8. The summed E-state index contributed by atoms with van der Waals surface area (Å²) in [5, 5.41) is 1.10. The molecular formula is C34H37N7O3. The van der Waals surface area contributed by atoms with Crippen LogP contribution in [0.15, 0.2) is 41.6 Å². The molecule has 2 saturated carbocycles. The summed E-state index contributed by atoms with van der Waals surface area (Å²) < 4.78 is 10.2. The molecule has 0 unspecified atom stereocenters. The third kappa shape index (κ3) is 3.63. The van der Waals surface area contributed by atoms with Crippen molar-refractivity contribution in [2.75, 3.05) is 20.2 Å². The Kier molecular flexibility index (Phi) is 5.33. The molecule has 0 spiro atoms. The molecule has 2 saturated heterocycles. The summed E-state index contributed by atoms with van der Waals surface area (Å²) in [6.45, 7) is 6.18. The van der Waals surface area contributed by atoms with E-state index in [1.807, 2.05) is 26.3 Å². The third-order valence-electron chi connectivity index (χ3n) is 10.9. The van der Waals surface area contributed by atoms with E-state index < -0.39 is 0 Å². The number of amides is 2. The van der Waals surface area contributed by atoms with Crippen molar-refractivity contribution < 1.29 is 14.3 Å². The fourth-order valence-electron chi connectivity index (χ4n) is 8.28. The highest BCUT2D eigenvalue weighted by Gasteiger charge is 2.68. The zero-order chi connectivity index (χ0) is 30.1. The van der Waals surface area contributed by atoms with E-state index >= 15 is 0 Å². The molecule has 4 aromatic rings. The Labute approximate surface area is 255 Å². The standard InChI is InChI=1S/C34H37N7O3/c1-18-30(37-28-13-23(14-29(44-3)40(18)28)33(43)41-24-15-25-31(41)34(25,35)16-24)27-12-22-6-7-26(21-8-10-38(11-9-21)19(2)42)36-32(22)39(27)17-20-4-5-20/h6-7,12-14,20-21,24H,4-5,8-11,15-17,35H2,1-3H3/t24-,34+/m0/s1. The van der Waals surface area contributed by atoms with Gasteiger partial charge in [-0.1, -0.05) is 0 Å². The number of carbonyl (C=O) groups excluding carboxylic acids is 2. The van der Waals surface area contributed by atoms with E-state index in [4.69, 9.17) is 20.4 Å². The minimum absolute atomic E-state index is 0.0264. The molecule has 4 bridgehead atoms. The number of carbonyl (C=O) groups is 2. The molecule has 10 nitrogen and oxygen atoms in total. The zero-order valence-corrected chi connectivity index (χ0v) is 25.5. The highest BCUT2D eigenvalue weighted by atomic mass is 16.5. The van der Waals surface area contributed by atoms with Crippen molar-refractivity contribution in [1.29, 1.82) is 0 Å². The summed E-state index contributed by atoms with van der Waals surface area (Å²) in [6.07, 6.45) is 6.07. The first-order valence-electron chi connectivity index (χ1n) is 15.9. The minimum Gasteiger partial charge on any atom is -0.482 e.